The van der Waals surface area contributed by atoms with E-state index in [0.29, 0.717) is 34.2 Å². The molecule has 0 aliphatic carbocycles. The van der Waals surface area contributed by atoms with Crippen LogP contribution >= 0.6 is 0 Å². The lowest BCUT2D eigenvalue weighted by Gasteiger charge is -2.09. The van der Waals surface area contributed by atoms with Crippen LogP contribution in [0.5, 0.6) is 0 Å². The molecule has 1 heterocycles. The van der Waals surface area contributed by atoms with Crippen molar-refractivity contribution in [1.82, 2.24) is 10.1 Å². The number of benzene rings is 3. The molecule has 0 unspecified atom stereocenters. The maximum Gasteiger partial charge on any atom is 0.261 e. The molecule has 4 rings (SSSR count). The van der Waals surface area contributed by atoms with Crippen molar-refractivity contribution in [3.8, 4) is 22.8 Å². The largest absolute Gasteiger partial charge is 0.334 e. The van der Waals surface area contributed by atoms with Gasteiger partial charge in [0.2, 0.25) is 11.7 Å². The zero-order chi connectivity index (χ0) is 23.6. The Morgan fingerprint density at radius 3 is 2.30 bits per heavy atom. The number of anilines is 2. The van der Waals surface area contributed by atoms with Gasteiger partial charge in [0.15, 0.2) is 0 Å². The molecule has 0 bridgehead atoms. The number of rotatable bonds is 6. The highest BCUT2D eigenvalue weighted by Crippen LogP contribution is 2.29. The van der Waals surface area contributed by atoms with E-state index in [2.05, 4.69) is 20.2 Å². The van der Waals surface area contributed by atoms with Crippen molar-refractivity contribution in [2.75, 3.05) is 10.0 Å². The Morgan fingerprint density at radius 1 is 0.939 bits per heavy atom. The molecule has 0 saturated carbocycles. The molecule has 0 aliphatic rings. The van der Waals surface area contributed by atoms with Crippen molar-refractivity contribution >= 4 is 27.3 Å². The Bertz CT molecular complexity index is 1410. The molecule has 8 nitrogen and oxygen atoms in total. The Kier molecular flexibility index (Phi) is 5.97. The monoisotopic (exact) mass is 462 g/mol. The second-order valence-corrected chi connectivity index (χ2v) is 9.26. The Hall–Kier alpha value is -3.98. The van der Waals surface area contributed by atoms with E-state index >= 15 is 0 Å². The van der Waals surface area contributed by atoms with Crippen LogP contribution in [0.3, 0.4) is 0 Å². The van der Waals surface area contributed by atoms with Gasteiger partial charge in [-0.15, -0.1) is 0 Å². The van der Waals surface area contributed by atoms with Crippen LogP contribution < -0.4 is 10.0 Å². The Morgan fingerprint density at radius 2 is 1.64 bits per heavy atom. The number of nitrogens with one attached hydrogen (secondary N) is 2. The third kappa shape index (κ3) is 4.93. The van der Waals surface area contributed by atoms with E-state index in [4.69, 9.17) is 4.52 Å². The predicted molar refractivity (Wildman–Crippen MR) is 126 cm³/mol. The third-order valence-corrected chi connectivity index (χ3v) is 6.42. The number of aryl methyl sites for hydroxylation is 1. The average molecular weight is 463 g/mol. The maximum absolute atomic E-state index is 12.6. The first-order valence-electron chi connectivity index (χ1n) is 10.1. The fraction of sp³-hybridized carbons (Fsp3) is 0.125. The molecule has 33 heavy (non-hydrogen) atoms. The number of carbonyl (C=O) groups excluding carboxylic acids is 1. The van der Waals surface area contributed by atoms with Crippen molar-refractivity contribution in [2.45, 2.75) is 25.7 Å². The van der Waals surface area contributed by atoms with Gasteiger partial charge in [0, 0.05) is 29.4 Å². The van der Waals surface area contributed by atoms with Gasteiger partial charge >= 0.3 is 0 Å². The highest BCUT2D eigenvalue weighted by Gasteiger charge is 2.16. The lowest BCUT2D eigenvalue weighted by molar-refractivity contribution is -0.114. The van der Waals surface area contributed by atoms with Crippen molar-refractivity contribution in [2.24, 2.45) is 0 Å². The number of hydrogen-bond acceptors (Lipinski definition) is 6. The van der Waals surface area contributed by atoms with Gasteiger partial charge in [0.25, 0.3) is 15.9 Å². The van der Waals surface area contributed by atoms with Crippen molar-refractivity contribution < 1.29 is 17.7 Å². The van der Waals surface area contributed by atoms with E-state index < -0.39 is 10.0 Å². The van der Waals surface area contributed by atoms with E-state index in [-0.39, 0.29) is 10.8 Å². The Labute approximate surface area is 191 Å². The third-order valence-electron chi connectivity index (χ3n) is 5.03. The zero-order valence-corrected chi connectivity index (χ0v) is 19.1. The molecule has 0 saturated heterocycles. The summed E-state index contributed by atoms with van der Waals surface area (Å²) in [7, 11) is -3.69. The van der Waals surface area contributed by atoms with Crippen LogP contribution in [0.1, 0.15) is 18.1 Å². The van der Waals surface area contributed by atoms with Gasteiger partial charge in [-0.2, -0.15) is 4.98 Å². The molecule has 4 aromatic rings. The highest BCUT2D eigenvalue weighted by atomic mass is 32.2. The van der Waals surface area contributed by atoms with Crippen molar-refractivity contribution in [3.05, 3.63) is 77.9 Å². The molecule has 0 atom stereocenters. The molecular formula is C24H22N4O4S. The second kappa shape index (κ2) is 8.87. The summed E-state index contributed by atoms with van der Waals surface area (Å²) in [6, 6.07) is 18.8. The highest BCUT2D eigenvalue weighted by molar-refractivity contribution is 7.92. The van der Waals surface area contributed by atoms with Gasteiger partial charge in [-0.05, 0) is 67.9 Å². The standard InChI is InChI=1S/C24H22N4O4S/c1-15-7-13-20(14-8-15)33(30,31)28-19-11-9-18(10-12-19)23-26-24(32-27-23)21-5-4-6-22(16(21)2)25-17(3)29/h4-14,28H,1-3H3,(H,25,29). The molecule has 1 amide bonds. The first-order valence-corrected chi connectivity index (χ1v) is 11.6. The van der Waals surface area contributed by atoms with Crippen LogP contribution in [0.15, 0.2) is 76.1 Å². The van der Waals surface area contributed by atoms with Crippen molar-refractivity contribution in [3.63, 3.8) is 0 Å². The number of amides is 1. The second-order valence-electron chi connectivity index (χ2n) is 7.58. The maximum atomic E-state index is 12.6. The first kappa shape index (κ1) is 22.2. The number of sulfonamides is 1. The number of aromatic nitrogens is 2. The summed E-state index contributed by atoms with van der Waals surface area (Å²) in [6.45, 7) is 5.20. The molecule has 0 aliphatic heterocycles. The minimum Gasteiger partial charge on any atom is -0.334 e. The molecule has 168 valence electrons. The summed E-state index contributed by atoms with van der Waals surface area (Å²) < 4.78 is 33.2. The van der Waals surface area contributed by atoms with Crippen LogP contribution in [-0.2, 0) is 14.8 Å². The van der Waals surface area contributed by atoms with Crippen LogP contribution in [0.2, 0.25) is 0 Å². The minimum absolute atomic E-state index is 0.167. The van der Waals surface area contributed by atoms with Gasteiger partial charge < -0.3 is 9.84 Å². The fourth-order valence-corrected chi connectivity index (χ4v) is 4.32. The molecule has 9 heteroatoms. The van der Waals surface area contributed by atoms with E-state index in [0.717, 1.165) is 11.1 Å². The predicted octanol–water partition coefficient (Wildman–Crippen LogP) is 4.78. The Balaban J connectivity index is 1.54. The van der Waals surface area contributed by atoms with Crippen LogP contribution in [0, 0.1) is 13.8 Å². The summed E-state index contributed by atoms with van der Waals surface area (Å²) in [5, 5.41) is 6.82. The van der Waals surface area contributed by atoms with Gasteiger partial charge in [-0.25, -0.2) is 8.42 Å². The average Bonchev–Trinajstić information content (AvgIpc) is 3.25. The molecular weight excluding hydrogens is 440 g/mol. The van der Waals surface area contributed by atoms with Gasteiger partial charge in [0.05, 0.1) is 4.90 Å². The van der Waals surface area contributed by atoms with Gasteiger partial charge in [-0.1, -0.05) is 28.9 Å². The lowest BCUT2D eigenvalue weighted by Crippen LogP contribution is -2.12. The summed E-state index contributed by atoms with van der Waals surface area (Å²) in [4.78, 5) is 16.1. The first-order chi connectivity index (χ1) is 15.7. The van der Waals surface area contributed by atoms with Crippen LogP contribution in [0.25, 0.3) is 22.8 Å². The minimum atomic E-state index is -3.69. The smallest absolute Gasteiger partial charge is 0.261 e. The van der Waals surface area contributed by atoms with Gasteiger partial charge in [-0.3, -0.25) is 9.52 Å². The zero-order valence-electron chi connectivity index (χ0n) is 18.3. The normalized spacial score (nSPS) is 11.2. The molecule has 0 spiro atoms. The molecule has 1 aromatic heterocycles. The molecule has 2 N–H and O–H groups in total. The van der Waals surface area contributed by atoms with Crippen molar-refractivity contribution in [1.29, 1.82) is 0 Å². The van der Waals surface area contributed by atoms with Crippen LogP contribution in [-0.4, -0.2) is 24.5 Å². The molecule has 3 aromatic carbocycles. The topological polar surface area (TPSA) is 114 Å². The lowest BCUT2D eigenvalue weighted by atomic mass is 10.1. The van der Waals surface area contributed by atoms with E-state index in [1.807, 2.05) is 19.9 Å². The van der Waals surface area contributed by atoms with Crippen LogP contribution in [0.4, 0.5) is 11.4 Å². The summed E-state index contributed by atoms with van der Waals surface area (Å²) in [6.07, 6.45) is 0. The van der Waals surface area contributed by atoms with E-state index in [1.165, 1.54) is 6.92 Å². The fourth-order valence-electron chi connectivity index (χ4n) is 3.26. The van der Waals surface area contributed by atoms with Gasteiger partial charge in [0.1, 0.15) is 0 Å². The van der Waals surface area contributed by atoms with E-state index in [1.54, 1.807) is 60.7 Å². The SMILES string of the molecule is CC(=O)Nc1cccc(-c2nc(-c3ccc(NS(=O)(=O)c4ccc(C)cc4)cc3)no2)c1C. The van der Waals surface area contributed by atoms with E-state index in [9.17, 15) is 13.2 Å². The summed E-state index contributed by atoms with van der Waals surface area (Å²) in [5.74, 6) is 0.515. The number of carbonyl (C=O) groups is 1. The summed E-state index contributed by atoms with van der Waals surface area (Å²) in [5.41, 5.74) is 4.26. The summed E-state index contributed by atoms with van der Waals surface area (Å²) >= 11 is 0. The molecule has 0 fully saturated rings. The quantitative estimate of drug-likeness (QED) is 0.426. The number of nitrogens with zero attached hydrogens (tertiary/aromatic N) is 2. The number of hydrogen-bond donors (Lipinski definition) is 2. The molecule has 0 radical (unpaired) electrons.